The summed E-state index contributed by atoms with van der Waals surface area (Å²) in [6.45, 7) is 10.7. The van der Waals surface area contributed by atoms with Crippen LogP contribution < -0.4 is 0 Å². The summed E-state index contributed by atoms with van der Waals surface area (Å²) >= 11 is 0. The van der Waals surface area contributed by atoms with Crippen molar-refractivity contribution >= 4 is 43.9 Å². The smallest absolute Gasteiger partial charge is 0.144 e. The Labute approximate surface area is 311 Å². The predicted molar refractivity (Wildman–Crippen MR) is 205 cm³/mol. The van der Waals surface area contributed by atoms with Crippen LogP contribution in [-0.2, 0) is 20.1 Å². The quantitative estimate of drug-likeness (QED) is 0.166. The molecule has 0 unspecified atom stereocenters. The number of rotatable bonds is 4. The number of hydrogen-bond acceptors (Lipinski definition) is 4. The molecule has 0 spiro atoms. The van der Waals surface area contributed by atoms with E-state index < -0.39 is 0 Å². The number of furan rings is 2. The van der Waals surface area contributed by atoms with E-state index in [1.54, 1.807) is 0 Å². The fraction of sp³-hybridized carbons (Fsp3) is 0.130. The van der Waals surface area contributed by atoms with Crippen LogP contribution in [0.1, 0.15) is 42.0 Å². The minimum absolute atomic E-state index is 0. The Morgan fingerprint density at radius 1 is 0.627 bits per heavy atom. The Balaban J connectivity index is 0.000000214. The molecule has 0 bridgehead atoms. The third-order valence-corrected chi connectivity index (χ3v) is 9.41. The van der Waals surface area contributed by atoms with Crippen molar-refractivity contribution in [3.05, 3.63) is 156 Å². The molecule has 0 atom stereocenters. The van der Waals surface area contributed by atoms with Gasteiger partial charge in [0.15, 0.2) is 0 Å². The van der Waals surface area contributed by atoms with Crippen molar-refractivity contribution in [2.45, 2.75) is 40.5 Å². The molecule has 0 fully saturated rings. The van der Waals surface area contributed by atoms with Gasteiger partial charge in [0.2, 0.25) is 0 Å². The van der Waals surface area contributed by atoms with Crippen molar-refractivity contribution in [2.75, 3.05) is 0 Å². The molecule has 0 N–H and O–H groups in total. The van der Waals surface area contributed by atoms with E-state index >= 15 is 0 Å². The standard InChI is InChI=1S/C32H22NO2.C14H14N.Ir/c1-19(2)27-28(21-16-17-33-24(18-21)20-10-4-3-5-11-20)32-30(23-13-7-9-15-26(23)35-32)29-22-12-6-8-14-25(22)34-31(27)29;1-10-4-6-13(7-5-10)14-8-11(2)12(3)9-15-14;/h3-10,12-19H,1-2H3;4-6,8-9H,1-3H3;/q2*-1;. The maximum atomic E-state index is 6.63. The molecule has 4 heterocycles. The number of para-hydroxylation sites is 2. The summed E-state index contributed by atoms with van der Waals surface area (Å²) < 4.78 is 13.2. The van der Waals surface area contributed by atoms with Gasteiger partial charge >= 0.3 is 0 Å². The van der Waals surface area contributed by atoms with E-state index in [-0.39, 0.29) is 26.0 Å². The average Bonchev–Trinajstić information content (AvgIpc) is 3.72. The van der Waals surface area contributed by atoms with Gasteiger partial charge in [-0.2, -0.15) is 0 Å². The second kappa shape index (κ2) is 14.1. The van der Waals surface area contributed by atoms with Gasteiger partial charge < -0.3 is 18.8 Å². The first-order valence-corrected chi connectivity index (χ1v) is 17.0. The van der Waals surface area contributed by atoms with Crippen LogP contribution in [0.4, 0.5) is 0 Å². The van der Waals surface area contributed by atoms with Gasteiger partial charge in [0.05, 0.1) is 0 Å². The molecule has 4 aromatic heterocycles. The van der Waals surface area contributed by atoms with E-state index in [4.69, 9.17) is 8.83 Å². The average molecular weight is 841 g/mol. The number of benzene rings is 5. The van der Waals surface area contributed by atoms with Crippen molar-refractivity contribution in [1.29, 1.82) is 0 Å². The molecule has 1 radical (unpaired) electrons. The fourth-order valence-corrected chi connectivity index (χ4v) is 6.75. The van der Waals surface area contributed by atoms with Gasteiger partial charge in [0.1, 0.15) is 22.3 Å². The molecule has 5 heteroatoms. The van der Waals surface area contributed by atoms with Crippen LogP contribution in [0.3, 0.4) is 0 Å². The summed E-state index contributed by atoms with van der Waals surface area (Å²) in [5, 5.41) is 4.44. The number of pyridine rings is 2. The number of nitrogens with zero attached hydrogens (tertiary/aromatic N) is 2. The molecule has 0 saturated heterocycles. The Hall–Kier alpha value is -5.35. The maximum Gasteiger partial charge on any atom is 0.144 e. The molecule has 0 amide bonds. The Kier molecular flexibility index (Phi) is 9.44. The van der Waals surface area contributed by atoms with Crippen LogP contribution in [-0.4, -0.2) is 9.97 Å². The number of fused-ring (bicyclic) bond motifs is 7. The third-order valence-electron chi connectivity index (χ3n) is 9.41. The zero-order chi connectivity index (χ0) is 34.4. The van der Waals surface area contributed by atoms with E-state index in [0.29, 0.717) is 0 Å². The number of aromatic nitrogens is 2. The Morgan fingerprint density at radius 2 is 1.27 bits per heavy atom. The summed E-state index contributed by atoms with van der Waals surface area (Å²) in [7, 11) is 0. The molecule has 4 nitrogen and oxygen atoms in total. The molecule has 0 aliphatic carbocycles. The van der Waals surface area contributed by atoms with E-state index in [1.807, 2.05) is 67.0 Å². The van der Waals surface area contributed by atoms with Crippen LogP contribution in [0.25, 0.3) is 77.5 Å². The molecular weight excluding hydrogens is 805 g/mol. The summed E-state index contributed by atoms with van der Waals surface area (Å²) in [6, 6.07) is 43.5. The first kappa shape index (κ1) is 34.1. The minimum atomic E-state index is 0. The van der Waals surface area contributed by atoms with E-state index in [1.165, 1.54) is 16.7 Å². The SMILES string of the molecule is CC(C)c1c(-c2ccnc(-c3[c-]cccc3)c2)c2oc3ccccc3c2c2c1oc1ccccc12.Cc1c[c-]c(-c2cc(C)c(C)cn2)cc1.[Ir]. The summed E-state index contributed by atoms with van der Waals surface area (Å²) in [4.78, 5) is 9.05. The molecule has 0 aliphatic rings. The fourth-order valence-electron chi connectivity index (χ4n) is 6.75. The van der Waals surface area contributed by atoms with Gasteiger partial charge in [-0.05, 0) is 60.5 Å². The van der Waals surface area contributed by atoms with E-state index in [0.717, 1.165) is 83.1 Å². The molecule has 9 rings (SSSR count). The second-order valence-corrected chi connectivity index (χ2v) is 13.2. The molecule has 9 aromatic rings. The molecule has 5 aromatic carbocycles. The predicted octanol–water partition coefficient (Wildman–Crippen LogP) is 12.6. The number of hydrogen-bond donors (Lipinski definition) is 0. The van der Waals surface area contributed by atoms with E-state index in [2.05, 4.69) is 111 Å². The van der Waals surface area contributed by atoms with Gasteiger partial charge in [0.25, 0.3) is 0 Å². The van der Waals surface area contributed by atoms with Crippen molar-refractivity contribution in [1.82, 2.24) is 9.97 Å². The molecule has 0 saturated carbocycles. The molecule has 51 heavy (non-hydrogen) atoms. The normalized spacial score (nSPS) is 11.3. The van der Waals surface area contributed by atoms with Gasteiger partial charge in [0, 0.05) is 65.2 Å². The van der Waals surface area contributed by atoms with Crippen molar-refractivity contribution < 1.29 is 28.9 Å². The monoisotopic (exact) mass is 841 g/mol. The number of aryl methyl sites for hydroxylation is 3. The Morgan fingerprint density at radius 3 is 1.92 bits per heavy atom. The summed E-state index contributed by atoms with van der Waals surface area (Å²) in [5.74, 6) is 0.213. The van der Waals surface area contributed by atoms with Crippen LogP contribution in [0.5, 0.6) is 0 Å². The molecule has 253 valence electrons. The van der Waals surface area contributed by atoms with Gasteiger partial charge in [-0.1, -0.05) is 74.9 Å². The van der Waals surface area contributed by atoms with Crippen molar-refractivity contribution in [2.24, 2.45) is 0 Å². The minimum Gasteiger partial charge on any atom is -0.456 e. The van der Waals surface area contributed by atoms with Gasteiger partial charge in [-0.25, -0.2) is 0 Å². The van der Waals surface area contributed by atoms with E-state index in [9.17, 15) is 0 Å². The second-order valence-electron chi connectivity index (χ2n) is 13.2. The van der Waals surface area contributed by atoms with Gasteiger partial charge in [-0.15, -0.1) is 71.3 Å². The third kappa shape index (κ3) is 6.29. The Bertz CT molecular complexity index is 2650. The largest absolute Gasteiger partial charge is 0.456 e. The van der Waals surface area contributed by atoms with Gasteiger partial charge in [-0.3, -0.25) is 0 Å². The van der Waals surface area contributed by atoms with Crippen LogP contribution in [0.2, 0.25) is 0 Å². The molecular formula is C46H36IrN2O2-2. The van der Waals surface area contributed by atoms with Crippen molar-refractivity contribution in [3.63, 3.8) is 0 Å². The zero-order valence-corrected chi connectivity index (χ0v) is 31.6. The zero-order valence-electron chi connectivity index (χ0n) is 29.2. The summed E-state index contributed by atoms with van der Waals surface area (Å²) in [6.07, 6.45) is 3.78. The van der Waals surface area contributed by atoms with Crippen molar-refractivity contribution in [3.8, 4) is 33.6 Å². The van der Waals surface area contributed by atoms with Crippen LogP contribution >= 0.6 is 0 Å². The molecule has 0 aliphatic heterocycles. The van der Waals surface area contributed by atoms with Crippen LogP contribution in [0.15, 0.2) is 130 Å². The first-order valence-electron chi connectivity index (χ1n) is 17.0. The van der Waals surface area contributed by atoms with Crippen LogP contribution in [0, 0.1) is 32.9 Å². The topological polar surface area (TPSA) is 52.1 Å². The summed E-state index contributed by atoms with van der Waals surface area (Å²) in [5.41, 5.74) is 14.5. The maximum absolute atomic E-state index is 6.63. The first-order chi connectivity index (χ1) is 24.4.